The average molecular weight is 398 g/mol. The minimum Gasteiger partial charge on any atom is -0.370 e. The Morgan fingerprint density at radius 2 is 2.00 bits per heavy atom. The van der Waals surface area contributed by atoms with Crippen LogP contribution < -0.4 is 5.32 Å². The SMILES string of the molecule is CN1CCN(CCC(=O)NC[C@@H]2OCCc3cn(Cc4ccccc4)nc32)CC1. The maximum absolute atomic E-state index is 12.3. The van der Waals surface area contributed by atoms with E-state index < -0.39 is 0 Å². The van der Waals surface area contributed by atoms with Crippen LogP contribution in [0.4, 0.5) is 0 Å². The van der Waals surface area contributed by atoms with Gasteiger partial charge in [0.15, 0.2) is 0 Å². The van der Waals surface area contributed by atoms with Crippen molar-refractivity contribution in [2.24, 2.45) is 0 Å². The molecule has 0 aliphatic carbocycles. The van der Waals surface area contributed by atoms with Crippen LogP contribution in [0.3, 0.4) is 0 Å². The highest BCUT2D eigenvalue weighted by Crippen LogP contribution is 2.25. The molecule has 1 N–H and O–H groups in total. The lowest BCUT2D eigenvalue weighted by atomic mass is 10.1. The summed E-state index contributed by atoms with van der Waals surface area (Å²) in [5.74, 6) is 0.0865. The molecule has 2 aliphatic rings. The van der Waals surface area contributed by atoms with Crippen molar-refractivity contribution in [3.05, 3.63) is 53.3 Å². The summed E-state index contributed by atoms with van der Waals surface area (Å²) in [4.78, 5) is 17.0. The van der Waals surface area contributed by atoms with E-state index in [9.17, 15) is 4.79 Å². The van der Waals surface area contributed by atoms with Crippen molar-refractivity contribution in [3.8, 4) is 0 Å². The van der Waals surface area contributed by atoms with Crippen molar-refractivity contribution in [2.45, 2.75) is 25.5 Å². The lowest BCUT2D eigenvalue weighted by Crippen LogP contribution is -2.45. The first-order chi connectivity index (χ1) is 14.2. The van der Waals surface area contributed by atoms with Crippen LogP contribution in [0.5, 0.6) is 0 Å². The minimum atomic E-state index is -0.164. The molecule has 7 nitrogen and oxygen atoms in total. The second kappa shape index (κ2) is 9.52. The lowest BCUT2D eigenvalue weighted by molar-refractivity contribution is -0.122. The van der Waals surface area contributed by atoms with E-state index in [1.54, 1.807) is 0 Å². The van der Waals surface area contributed by atoms with Crippen molar-refractivity contribution < 1.29 is 9.53 Å². The van der Waals surface area contributed by atoms with E-state index in [1.165, 1.54) is 11.1 Å². The molecule has 3 heterocycles. The van der Waals surface area contributed by atoms with Gasteiger partial charge in [-0.1, -0.05) is 30.3 Å². The predicted octanol–water partition coefficient (Wildman–Crippen LogP) is 1.30. The van der Waals surface area contributed by atoms with Crippen LogP contribution in [0.15, 0.2) is 36.5 Å². The normalized spacial score (nSPS) is 20.4. The molecular weight excluding hydrogens is 366 g/mol. The van der Waals surface area contributed by atoms with E-state index in [1.807, 2.05) is 22.9 Å². The van der Waals surface area contributed by atoms with Crippen LogP contribution in [0.2, 0.25) is 0 Å². The molecule has 2 aromatic rings. The first-order valence-electron chi connectivity index (χ1n) is 10.6. The molecule has 0 bridgehead atoms. The summed E-state index contributed by atoms with van der Waals surface area (Å²) in [6, 6.07) is 10.3. The first kappa shape index (κ1) is 20.1. The van der Waals surface area contributed by atoms with Gasteiger partial charge in [0.25, 0.3) is 0 Å². The van der Waals surface area contributed by atoms with Crippen LogP contribution in [-0.2, 0) is 22.5 Å². The van der Waals surface area contributed by atoms with Crippen molar-refractivity contribution in [2.75, 3.05) is 52.9 Å². The Morgan fingerprint density at radius 1 is 1.21 bits per heavy atom. The number of amides is 1. The molecule has 2 aliphatic heterocycles. The van der Waals surface area contributed by atoms with E-state index in [0.717, 1.165) is 51.4 Å². The van der Waals surface area contributed by atoms with Crippen molar-refractivity contribution in [1.82, 2.24) is 24.9 Å². The van der Waals surface area contributed by atoms with Gasteiger partial charge in [-0.25, -0.2) is 0 Å². The molecule has 0 radical (unpaired) electrons. The summed E-state index contributed by atoms with van der Waals surface area (Å²) in [5.41, 5.74) is 3.41. The standard InChI is InChI=1S/C22H31N5O2/c1-25-10-12-26(13-11-25)9-7-21(28)23-15-20-22-19(8-14-29-20)17-27(24-22)16-18-5-3-2-4-6-18/h2-6,17,20H,7-16H2,1H3,(H,23,28)/t20-/m0/s1. The number of rotatable bonds is 7. The summed E-state index contributed by atoms with van der Waals surface area (Å²) in [7, 11) is 2.14. The molecule has 1 fully saturated rings. The molecule has 0 unspecified atom stereocenters. The number of ether oxygens (including phenoxy) is 1. The van der Waals surface area contributed by atoms with E-state index in [-0.39, 0.29) is 12.0 Å². The molecular formula is C22H31N5O2. The second-order valence-electron chi connectivity index (χ2n) is 8.03. The van der Waals surface area contributed by atoms with Crippen LogP contribution in [-0.4, -0.2) is 78.4 Å². The molecule has 1 atom stereocenters. The Balaban J connectivity index is 1.27. The molecule has 4 rings (SSSR count). The average Bonchev–Trinajstić information content (AvgIpc) is 3.15. The van der Waals surface area contributed by atoms with E-state index in [4.69, 9.17) is 9.84 Å². The Labute approximate surface area is 172 Å². The smallest absolute Gasteiger partial charge is 0.221 e. The molecule has 7 heteroatoms. The number of piperazine rings is 1. The van der Waals surface area contributed by atoms with Gasteiger partial charge in [0, 0.05) is 51.9 Å². The summed E-state index contributed by atoms with van der Waals surface area (Å²) in [6.45, 7) is 6.95. The topological polar surface area (TPSA) is 62.6 Å². The van der Waals surface area contributed by atoms with Crippen LogP contribution in [0.1, 0.15) is 29.3 Å². The van der Waals surface area contributed by atoms with E-state index in [0.29, 0.717) is 19.6 Å². The fourth-order valence-corrected chi connectivity index (χ4v) is 3.96. The van der Waals surface area contributed by atoms with Gasteiger partial charge in [-0.3, -0.25) is 9.48 Å². The van der Waals surface area contributed by atoms with Gasteiger partial charge in [0.2, 0.25) is 5.91 Å². The fourth-order valence-electron chi connectivity index (χ4n) is 3.96. The number of fused-ring (bicyclic) bond motifs is 1. The zero-order valence-corrected chi connectivity index (χ0v) is 17.2. The number of benzene rings is 1. The second-order valence-corrected chi connectivity index (χ2v) is 8.03. The lowest BCUT2D eigenvalue weighted by Gasteiger charge is -2.32. The molecule has 1 aromatic carbocycles. The molecule has 1 saturated heterocycles. The van der Waals surface area contributed by atoms with Gasteiger partial charge in [-0.2, -0.15) is 5.10 Å². The number of nitrogens with one attached hydrogen (secondary N) is 1. The van der Waals surface area contributed by atoms with Gasteiger partial charge < -0.3 is 19.9 Å². The highest BCUT2D eigenvalue weighted by molar-refractivity contribution is 5.76. The predicted molar refractivity (Wildman–Crippen MR) is 112 cm³/mol. The van der Waals surface area contributed by atoms with Gasteiger partial charge in [-0.15, -0.1) is 0 Å². The summed E-state index contributed by atoms with van der Waals surface area (Å²) in [6.07, 6.45) is 3.36. The Kier molecular flexibility index (Phi) is 6.59. The maximum atomic E-state index is 12.3. The number of carbonyl (C=O) groups is 1. The Morgan fingerprint density at radius 3 is 2.79 bits per heavy atom. The van der Waals surface area contributed by atoms with Crippen LogP contribution in [0, 0.1) is 0 Å². The van der Waals surface area contributed by atoms with Crippen LogP contribution in [0.25, 0.3) is 0 Å². The maximum Gasteiger partial charge on any atom is 0.221 e. The summed E-state index contributed by atoms with van der Waals surface area (Å²) >= 11 is 0. The third-order valence-electron chi connectivity index (χ3n) is 5.79. The summed E-state index contributed by atoms with van der Waals surface area (Å²) in [5, 5.41) is 7.81. The zero-order chi connectivity index (χ0) is 20.1. The van der Waals surface area contributed by atoms with Gasteiger partial charge in [0.1, 0.15) is 6.10 Å². The Bertz CT molecular complexity index is 799. The monoisotopic (exact) mass is 397 g/mol. The fraction of sp³-hybridized carbons (Fsp3) is 0.545. The van der Waals surface area contributed by atoms with E-state index in [2.05, 4.69) is 40.5 Å². The van der Waals surface area contributed by atoms with Crippen molar-refractivity contribution in [1.29, 1.82) is 0 Å². The number of likely N-dealkylation sites (N-methyl/N-ethyl adjacent to an activating group) is 1. The molecule has 1 aromatic heterocycles. The van der Waals surface area contributed by atoms with Crippen molar-refractivity contribution >= 4 is 5.91 Å². The number of nitrogens with zero attached hydrogens (tertiary/aromatic N) is 4. The molecule has 29 heavy (non-hydrogen) atoms. The highest BCUT2D eigenvalue weighted by atomic mass is 16.5. The van der Waals surface area contributed by atoms with Gasteiger partial charge in [-0.05, 0) is 24.6 Å². The zero-order valence-electron chi connectivity index (χ0n) is 17.2. The molecule has 156 valence electrons. The first-order valence-corrected chi connectivity index (χ1v) is 10.6. The third kappa shape index (κ3) is 5.44. The van der Waals surface area contributed by atoms with Crippen molar-refractivity contribution in [3.63, 3.8) is 0 Å². The number of aromatic nitrogens is 2. The summed E-state index contributed by atoms with van der Waals surface area (Å²) < 4.78 is 7.90. The van der Waals surface area contributed by atoms with E-state index >= 15 is 0 Å². The minimum absolute atomic E-state index is 0.0865. The quantitative estimate of drug-likeness (QED) is 0.763. The third-order valence-corrected chi connectivity index (χ3v) is 5.79. The number of hydrogen-bond acceptors (Lipinski definition) is 5. The molecule has 0 saturated carbocycles. The van der Waals surface area contributed by atoms with Crippen LogP contribution >= 0.6 is 0 Å². The molecule has 0 spiro atoms. The van der Waals surface area contributed by atoms with Gasteiger partial charge in [0.05, 0.1) is 18.8 Å². The number of hydrogen-bond donors (Lipinski definition) is 1. The largest absolute Gasteiger partial charge is 0.370 e. The highest BCUT2D eigenvalue weighted by Gasteiger charge is 2.25. The Hall–Kier alpha value is -2.22. The van der Waals surface area contributed by atoms with Gasteiger partial charge >= 0.3 is 0 Å². The molecule has 1 amide bonds. The number of carbonyl (C=O) groups excluding carboxylic acids is 1.